The minimum atomic E-state index is -0.758. The number of hydrogen-bond donors (Lipinski definition) is 0. The molecule has 20 heavy (non-hydrogen) atoms. The van der Waals surface area contributed by atoms with Crippen molar-refractivity contribution in [1.29, 1.82) is 0 Å². The summed E-state index contributed by atoms with van der Waals surface area (Å²) in [6.07, 6.45) is 1.83. The summed E-state index contributed by atoms with van der Waals surface area (Å²) in [4.78, 5) is 0. The molecule has 2 aliphatic rings. The van der Waals surface area contributed by atoms with Crippen LogP contribution in [0.3, 0.4) is 0 Å². The van der Waals surface area contributed by atoms with Gasteiger partial charge in [0, 0.05) is 34.9 Å². The molecule has 0 bridgehead atoms. The van der Waals surface area contributed by atoms with Gasteiger partial charge in [0.05, 0.1) is 13.2 Å². The molecule has 0 N–H and O–H groups in total. The van der Waals surface area contributed by atoms with Crippen LogP contribution in [0, 0.1) is 0 Å². The maximum absolute atomic E-state index is 6.22. The largest absolute Gasteiger partial charge is 0.382 e. The molecule has 0 unspecified atom stereocenters. The van der Waals surface area contributed by atoms with Crippen molar-refractivity contribution in [2.75, 3.05) is 41.7 Å². The van der Waals surface area contributed by atoms with Gasteiger partial charge in [-0.1, -0.05) is 0 Å². The van der Waals surface area contributed by atoms with Crippen LogP contribution in [0.4, 0.5) is 0 Å². The van der Waals surface area contributed by atoms with E-state index in [0.717, 1.165) is 19.3 Å². The van der Waals surface area contributed by atoms with Crippen LogP contribution >= 0.6 is 0 Å². The summed E-state index contributed by atoms with van der Waals surface area (Å²) in [5.41, 5.74) is 0. The fraction of sp³-hybridized carbons (Fsp3) is 1.00. The minimum absolute atomic E-state index is 0.237. The van der Waals surface area contributed by atoms with Gasteiger partial charge in [-0.25, -0.2) is 0 Å². The predicted octanol–water partition coefficient (Wildman–Crippen LogP) is 0.973. The highest BCUT2D eigenvalue weighted by Gasteiger charge is 2.57. The molecule has 2 fully saturated rings. The van der Waals surface area contributed by atoms with E-state index in [4.69, 9.17) is 28.4 Å². The van der Waals surface area contributed by atoms with Crippen molar-refractivity contribution in [2.45, 2.75) is 49.5 Å². The van der Waals surface area contributed by atoms with E-state index < -0.39 is 5.79 Å². The van der Waals surface area contributed by atoms with Gasteiger partial charge >= 0.3 is 0 Å². The van der Waals surface area contributed by atoms with Crippen LogP contribution in [-0.2, 0) is 28.4 Å². The molecule has 6 nitrogen and oxygen atoms in total. The summed E-state index contributed by atoms with van der Waals surface area (Å²) in [6.45, 7) is 1.10. The first-order valence-corrected chi connectivity index (χ1v) is 7.11. The van der Waals surface area contributed by atoms with Crippen molar-refractivity contribution < 1.29 is 28.4 Å². The van der Waals surface area contributed by atoms with Gasteiger partial charge in [0.25, 0.3) is 0 Å². The second kappa shape index (κ2) is 7.15. The van der Waals surface area contributed by atoms with Gasteiger partial charge in [-0.05, 0) is 12.8 Å². The van der Waals surface area contributed by atoms with Gasteiger partial charge in [0.15, 0.2) is 5.79 Å². The number of hydrogen-bond acceptors (Lipinski definition) is 6. The van der Waals surface area contributed by atoms with Gasteiger partial charge in [0.2, 0.25) is 0 Å². The molecule has 6 heteroatoms. The molecule has 118 valence electrons. The van der Waals surface area contributed by atoms with E-state index in [2.05, 4.69) is 0 Å². The smallest absolute Gasteiger partial charge is 0.197 e. The Balaban J connectivity index is 2.27. The zero-order valence-electron chi connectivity index (χ0n) is 12.8. The molecule has 0 radical (unpaired) electrons. The summed E-state index contributed by atoms with van der Waals surface area (Å²) >= 11 is 0. The normalized spacial score (nSPS) is 42.0. The Hall–Kier alpha value is -0.240. The first kappa shape index (κ1) is 16.1. The Morgan fingerprint density at radius 3 is 2.25 bits per heavy atom. The maximum Gasteiger partial charge on any atom is 0.197 e. The zero-order valence-corrected chi connectivity index (χ0v) is 12.8. The lowest BCUT2D eigenvalue weighted by Crippen LogP contribution is -2.68. The van der Waals surface area contributed by atoms with E-state index >= 15 is 0 Å². The maximum atomic E-state index is 6.22. The highest BCUT2D eigenvalue weighted by Crippen LogP contribution is 2.40. The van der Waals surface area contributed by atoms with E-state index in [-0.39, 0.29) is 24.4 Å². The fourth-order valence-corrected chi connectivity index (χ4v) is 3.28. The molecular weight excluding hydrogens is 264 g/mol. The first-order valence-electron chi connectivity index (χ1n) is 7.11. The van der Waals surface area contributed by atoms with Crippen LogP contribution in [0.2, 0.25) is 0 Å². The van der Waals surface area contributed by atoms with E-state index in [1.54, 1.807) is 28.4 Å². The van der Waals surface area contributed by atoms with Crippen molar-refractivity contribution in [2.24, 2.45) is 0 Å². The molecule has 2 saturated heterocycles. The SMILES string of the molecule is COC[C@H]1O[C@@]2(CCCCO2)[C@@H](OC)[C@@H](OC)[C@@H]1OC. The second-order valence-electron chi connectivity index (χ2n) is 5.29. The van der Waals surface area contributed by atoms with E-state index in [1.165, 1.54) is 0 Å². The Morgan fingerprint density at radius 1 is 1.00 bits per heavy atom. The monoisotopic (exact) mass is 290 g/mol. The summed E-state index contributed by atoms with van der Waals surface area (Å²) in [5.74, 6) is -0.758. The lowest BCUT2D eigenvalue weighted by Gasteiger charge is -2.52. The number of rotatable bonds is 5. The average molecular weight is 290 g/mol. The summed E-state index contributed by atoms with van der Waals surface area (Å²) < 4.78 is 34.3. The molecule has 2 heterocycles. The van der Waals surface area contributed by atoms with Gasteiger partial charge < -0.3 is 28.4 Å². The van der Waals surface area contributed by atoms with Crippen LogP contribution in [-0.4, -0.2) is 71.9 Å². The van der Waals surface area contributed by atoms with Crippen molar-refractivity contribution in [3.05, 3.63) is 0 Å². The van der Waals surface area contributed by atoms with E-state index in [9.17, 15) is 0 Å². The first-order chi connectivity index (χ1) is 9.72. The number of ether oxygens (including phenoxy) is 6. The third-order valence-electron chi connectivity index (χ3n) is 4.17. The summed E-state index contributed by atoms with van der Waals surface area (Å²) in [5, 5.41) is 0. The van der Waals surface area contributed by atoms with Gasteiger partial charge in [-0.2, -0.15) is 0 Å². The minimum Gasteiger partial charge on any atom is -0.382 e. The van der Waals surface area contributed by atoms with Gasteiger partial charge in [-0.15, -0.1) is 0 Å². The van der Waals surface area contributed by atoms with Crippen LogP contribution in [0.1, 0.15) is 19.3 Å². The third-order valence-corrected chi connectivity index (χ3v) is 4.17. The van der Waals surface area contributed by atoms with E-state index in [1.807, 2.05) is 0 Å². The van der Waals surface area contributed by atoms with Crippen molar-refractivity contribution in [3.8, 4) is 0 Å². The Morgan fingerprint density at radius 2 is 1.75 bits per heavy atom. The Labute approximate surface area is 120 Å². The van der Waals surface area contributed by atoms with Crippen molar-refractivity contribution in [1.82, 2.24) is 0 Å². The topological polar surface area (TPSA) is 55.4 Å². The standard InChI is InChI=1S/C14H26O6/c1-15-9-10-11(16-2)12(17-3)13(18-4)14(20-10)7-5-6-8-19-14/h10-13H,5-9H2,1-4H3/t10-,11-,12+,13+,14+/m1/s1. The highest BCUT2D eigenvalue weighted by molar-refractivity contribution is 5.00. The lowest BCUT2D eigenvalue weighted by atomic mass is 9.87. The molecule has 2 aliphatic heterocycles. The molecule has 0 aromatic rings. The molecule has 0 aromatic carbocycles. The third kappa shape index (κ3) is 2.86. The molecule has 0 aliphatic carbocycles. The molecule has 0 saturated carbocycles. The quantitative estimate of drug-likeness (QED) is 0.752. The van der Waals surface area contributed by atoms with Crippen LogP contribution in [0.25, 0.3) is 0 Å². The van der Waals surface area contributed by atoms with Crippen molar-refractivity contribution >= 4 is 0 Å². The van der Waals surface area contributed by atoms with Crippen LogP contribution in [0.5, 0.6) is 0 Å². The molecular formula is C14H26O6. The summed E-state index contributed by atoms with van der Waals surface area (Å²) in [7, 11) is 6.61. The van der Waals surface area contributed by atoms with Crippen LogP contribution in [0.15, 0.2) is 0 Å². The van der Waals surface area contributed by atoms with Gasteiger partial charge in [-0.3, -0.25) is 0 Å². The second-order valence-corrected chi connectivity index (χ2v) is 5.29. The van der Waals surface area contributed by atoms with Crippen molar-refractivity contribution in [3.63, 3.8) is 0 Å². The Kier molecular flexibility index (Phi) is 5.77. The zero-order chi connectivity index (χ0) is 14.6. The highest BCUT2D eigenvalue weighted by atomic mass is 16.7. The molecule has 0 amide bonds. The fourth-order valence-electron chi connectivity index (χ4n) is 3.28. The average Bonchev–Trinajstić information content (AvgIpc) is 2.47. The predicted molar refractivity (Wildman–Crippen MR) is 71.7 cm³/mol. The van der Waals surface area contributed by atoms with Gasteiger partial charge in [0.1, 0.15) is 24.4 Å². The molecule has 5 atom stereocenters. The summed E-state index contributed by atoms with van der Waals surface area (Å²) in [6, 6.07) is 0. The lowest BCUT2D eigenvalue weighted by molar-refractivity contribution is -0.381. The molecule has 1 spiro atoms. The Bertz CT molecular complexity index is 291. The van der Waals surface area contributed by atoms with Crippen LogP contribution < -0.4 is 0 Å². The molecule has 2 rings (SSSR count). The number of methoxy groups -OCH3 is 4. The molecule has 0 aromatic heterocycles. The van der Waals surface area contributed by atoms with E-state index in [0.29, 0.717) is 13.2 Å².